The van der Waals surface area contributed by atoms with E-state index in [1.807, 2.05) is 29.2 Å². The second kappa shape index (κ2) is 10.6. The van der Waals surface area contributed by atoms with Crippen LogP contribution in [0.2, 0.25) is 5.02 Å². The molecule has 6 nitrogen and oxygen atoms in total. The van der Waals surface area contributed by atoms with Crippen LogP contribution in [0.3, 0.4) is 0 Å². The van der Waals surface area contributed by atoms with E-state index >= 15 is 0 Å². The fraction of sp³-hybridized carbons (Fsp3) is 0.591. The number of aryl methyl sites for hydroxylation is 1. The van der Waals surface area contributed by atoms with Crippen molar-refractivity contribution in [3.63, 3.8) is 0 Å². The van der Waals surface area contributed by atoms with E-state index in [9.17, 15) is 4.79 Å². The number of carbonyl (C=O) groups excluding carboxylic acids is 1. The number of carbonyl (C=O) groups is 1. The van der Waals surface area contributed by atoms with Gasteiger partial charge >= 0.3 is 0 Å². The minimum absolute atomic E-state index is 0.177. The van der Waals surface area contributed by atoms with Crippen molar-refractivity contribution in [1.29, 1.82) is 0 Å². The Hall–Kier alpha value is -1.70. The van der Waals surface area contributed by atoms with E-state index in [-0.39, 0.29) is 5.91 Å². The second-order valence-corrected chi connectivity index (χ2v) is 8.90. The minimum atomic E-state index is 0.177. The summed E-state index contributed by atoms with van der Waals surface area (Å²) in [5, 5.41) is 5.46. The Kier molecular flexibility index (Phi) is 8.08. The lowest BCUT2D eigenvalue weighted by molar-refractivity contribution is -0.133. The lowest BCUT2D eigenvalue weighted by Crippen LogP contribution is -2.50. The van der Waals surface area contributed by atoms with E-state index in [0.29, 0.717) is 28.8 Å². The summed E-state index contributed by atoms with van der Waals surface area (Å²) in [6.07, 6.45) is 2.52. The maximum Gasteiger partial charge on any atom is 0.224 e. The highest BCUT2D eigenvalue weighted by Crippen LogP contribution is 2.22. The highest BCUT2D eigenvalue weighted by atomic mass is 35.5. The molecule has 1 aliphatic rings. The molecule has 164 valence electrons. The normalized spacial score (nSPS) is 15.2. The van der Waals surface area contributed by atoms with Gasteiger partial charge < -0.3 is 4.90 Å². The summed E-state index contributed by atoms with van der Waals surface area (Å²) < 4.78 is 4.55. The standard InChI is InChI=1S/C22H32ClN5OS/c1-4-5-11-27-21(18-6-8-19(23)9-7-18)24-28(22(27)30)12-10-20(29)26-15-13-25(14-16-26)17(2)3/h6-9,17H,4-5,10-16H2,1-3H3. The predicted octanol–water partition coefficient (Wildman–Crippen LogP) is 4.48. The molecule has 30 heavy (non-hydrogen) atoms. The van der Waals surface area contributed by atoms with Crippen molar-refractivity contribution in [1.82, 2.24) is 24.1 Å². The highest BCUT2D eigenvalue weighted by molar-refractivity contribution is 7.71. The third-order valence-electron chi connectivity index (χ3n) is 5.70. The monoisotopic (exact) mass is 449 g/mol. The maximum absolute atomic E-state index is 12.7. The highest BCUT2D eigenvalue weighted by Gasteiger charge is 2.22. The van der Waals surface area contributed by atoms with Crippen LogP contribution >= 0.6 is 23.8 Å². The van der Waals surface area contributed by atoms with Crippen LogP contribution in [0.1, 0.15) is 40.0 Å². The molecule has 0 radical (unpaired) electrons. The maximum atomic E-state index is 12.7. The van der Waals surface area contributed by atoms with Crippen LogP contribution in [0.25, 0.3) is 11.4 Å². The first-order valence-electron chi connectivity index (χ1n) is 10.9. The van der Waals surface area contributed by atoms with Gasteiger partial charge in [-0.1, -0.05) is 24.9 Å². The molecule has 8 heteroatoms. The number of aromatic nitrogens is 3. The van der Waals surface area contributed by atoms with E-state index in [1.165, 1.54) is 0 Å². The fourth-order valence-electron chi connectivity index (χ4n) is 3.76. The molecule has 1 saturated heterocycles. The van der Waals surface area contributed by atoms with Gasteiger partial charge in [0.05, 0.1) is 6.54 Å². The number of rotatable bonds is 8. The van der Waals surface area contributed by atoms with Gasteiger partial charge in [0.15, 0.2) is 10.6 Å². The minimum Gasteiger partial charge on any atom is -0.340 e. The van der Waals surface area contributed by atoms with Crippen LogP contribution in [0.4, 0.5) is 0 Å². The lowest BCUT2D eigenvalue weighted by Gasteiger charge is -2.37. The van der Waals surface area contributed by atoms with Crippen LogP contribution in [0.5, 0.6) is 0 Å². The first-order valence-corrected chi connectivity index (χ1v) is 11.6. The molecule has 2 heterocycles. The molecule has 1 aromatic carbocycles. The average molecular weight is 450 g/mol. The van der Waals surface area contributed by atoms with Crippen molar-refractivity contribution >= 4 is 29.7 Å². The zero-order valence-electron chi connectivity index (χ0n) is 18.2. The van der Waals surface area contributed by atoms with Crippen LogP contribution in [-0.2, 0) is 17.9 Å². The van der Waals surface area contributed by atoms with Gasteiger partial charge in [-0.25, -0.2) is 4.68 Å². The summed E-state index contributed by atoms with van der Waals surface area (Å²) in [5.41, 5.74) is 0.983. The van der Waals surface area contributed by atoms with Crippen molar-refractivity contribution in [3.05, 3.63) is 34.1 Å². The lowest BCUT2D eigenvalue weighted by atomic mass is 10.2. The molecule has 1 fully saturated rings. The molecule has 0 N–H and O–H groups in total. The number of hydrogen-bond acceptors (Lipinski definition) is 4. The second-order valence-electron chi connectivity index (χ2n) is 8.10. The van der Waals surface area contributed by atoms with Crippen molar-refractivity contribution in [2.45, 2.75) is 59.2 Å². The molecule has 2 aromatic rings. The van der Waals surface area contributed by atoms with Gasteiger partial charge in [-0.15, -0.1) is 0 Å². The van der Waals surface area contributed by atoms with Crippen LogP contribution < -0.4 is 0 Å². The summed E-state index contributed by atoms with van der Waals surface area (Å²) in [6.45, 7) is 11.4. The number of hydrogen-bond donors (Lipinski definition) is 0. The Morgan fingerprint density at radius 1 is 1.13 bits per heavy atom. The molecular formula is C22H32ClN5OS. The Labute approximate surface area is 189 Å². The first kappa shape index (κ1) is 23.0. The fourth-order valence-corrected chi connectivity index (χ4v) is 4.20. The quantitative estimate of drug-likeness (QED) is 0.557. The van der Waals surface area contributed by atoms with Crippen molar-refractivity contribution < 1.29 is 4.79 Å². The summed E-state index contributed by atoms with van der Waals surface area (Å²) >= 11 is 11.8. The number of unbranched alkanes of at least 4 members (excludes halogenated alkanes) is 1. The van der Waals surface area contributed by atoms with Gasteiger partial charge in [0.2, 0.25) is 5.91 Å². The molecule has 1 amide bonds. The number of benzene rings is 1. The Bertz CT molecular complexity index is 897. The van der Waals surface area contributed by atoms with Crippen LogP contribution in [0.15, 0.2) is 24.3 Å². The summed E-state index contributed by atoms with van der Waals surface area (Å²) in [5.74, 6) is 1.01. The molecular weight excluding hydrogens is 418 g/mol. The van der Waals surface area contributed by atoms with Gasteiger partial charge in [-0.2, -0.15) is 5.10 Å². The smallest absolute Gasteiger partial charge is 0.224 e. The van der Waals surface area contributed by atoms with Crippen molar-refractivity contribution in [2.75, 3.05) is 26.2 Å². The Morgan fingerprint density at radius 3 is 2.40 bits per heavy atom. The third-order valence-corrected chi connectivity index (χ3v) is 6.38. The van der Waals surface area contributed by atoms with E-state index in [0.717, 1.165) is 57.0 Å². The van der Waals surface area contributed by atoms with Crippen molar-refractivity contribution in [2.24, 2.45) is 0 Å². The zero-order chi connectivity index (χ0) is 21.7. The molecule has 1 aromatic heterocycles. The molecule has 0 atom stereocenters. The van der Waals surface area contributed by atoms with Gasteiger partial charge in [0.1, 0.15) is 0 Å². The molecule has 1 aliphatic heterocycles. The molecule has 0 spiro atoms. The van der Waals surface area contributed by atoms with Gasteiger partial charge in [0, 0.05) is 55.8 Å². The number of piperazine rings is 1. The average Bonchev–Trinajstić information content (AvgIpc) is 3.06. The predicted molar refractivity (Wildman–Crippen MR) is 124 cm³/mol. The Balaban J connectivity index is 1.70. The van der Waals surface area contributed by atoms with E-state index in [1.54, 1.807) is 4.68 Å². The number of halogens is 1. The third kappa shape index (κ3) is 5.50. The van der Waals surface area contributed by atoms with Crippen molar-refractivity contribution in [3.8, 4) is 11.4 Å². The first-order chi connectivity index (χ1) is 14.4. The molecule has 0 unspecified atom stereocenters. The summed E-state index contributed by atoms with van der Waals surface area (Å²) in [7, 11) is 0. The Morgan fingerprint density at radius 2 is 1.80 bits per heavy atom. The van der Waals surface area contributed by atoms with E-state index in [2.05, 4.69) is 30.2 Å². The molecule has 0 saturated carbocycles. The van der Waals surface area contributed by atoms with Gasteiger partial charge in [-0.3, -0.25) is 14.3 Å². The van der Waals surface area contributed by atoms with Crippen LogP contribution in [-0.4, -0.2) is 62.3 Å². The molecule has 0 aliphatic carbocycles. The summed E-state index contributed by atoms with van der Waals surface area (Å²) in [6, 6.07) is 8.18. The van der Waals surface area contributed by atoms with Gasteiger partial charge in [-0.05, 0) is 56.8 Å². The number of amides is 1. The topological polar surface area (TPSA) is 46.3 Å². The zero-order valence-corrected chi connectivity index (χ0v) is 19.8. The van der Waals surface area contributed by atoms with Gasteiger partial charge in [0.25, 0.3) is 0 Å². The largest absolute Gasteiger partial charge is 0.340 e. The SMILES string of the molecule is CCCCn1c(-c2ccc(Cl)cc2)nn(CCC(=O)N2CCN(C(C)C)CC2)c1=S. The van der Waals surface area contributed by atoms with E-state index < -0.39 is 0 Å². The molecule has 0 bridgehead atoms. The van der Waals surface area contributed by atoms with Crippen LogP contribution in [0, 0.1) is 4.77 Å². The van der Waals surface area contributed by atoms with E-state index in [4.69, 9.17) is 28.9 Å². The summed E-state index contributed by atoms with van der Waals surface area (Å²) in [4.78, 5) is 17.1. The molecule has 3 rings (SSSR count). The number of nitrogens with zero attached hydrogens (tertiary/aromatic N) is 5.